The molecule has 0 bridgehead atoms. The summed E-state index contributed by atoms with van der Waals surface area (Å²) in [6, 6.07) is 12.3. The van der Waals surface area contributed by atoms with Crippen LogP contribution in [0.15, 0.2) is 51.8 Å². The molecule has 2 N–H and O–H groups in total. The van der Waals surface area contributed by atoms with E-state index in [-0.39, 0.29) is 11.7 Å². The number of aryl methyl sites for hydroxylation is 1. The number of nitrogens with one attached hydrogen (secondary N) is 2. The van der Waals surface area contributed by atoms with Crippen LogP contribution in [0.25, 0.3) is 0 Å². The number of hydrogen-bond donors (Lipinski definition) is 2. The summed E-state index contributed by atoms with van der Waals surface area (Å²) >= 11 is 4.61. The number of thioether (sulfide) groups is 1. The Balaban J connectivity index is 1.89. The quantitative estimate of drug-likeness (QED) is 0.298. The molecule has 0 aliphatic carbocycles. The van der Waals surface area contributed by atoms with E-state index in [1.807, 2.05) is 19.1 Å². The number of ether oxygens (including phenoxy) is 2. The predicted octanol–water partition coefficient (Wildman–Crippen LogP) is 3.41. The van der Waals surface area contributed by atoms with E-state index in [0.29, 0.717) is 29.3 Å². The molecule has 0 aromatic heterocycles. The molecule has 7 nitrogen and oxygen atoms in total. The molecular weight excluding hydrogens is 472 g/mol. The maximum Gasteiger partial charge on any atom is 0.339 e. The standard InChI is InChI=1S/C21H23BrN2O5S/c1-14-7-8-17(16(22)11-14)24-19(25)12-29-21(27)15-5-3-4-6-18(15)30-13-20(26)23-9-10-28-2/h3-8,11H,9-10,12-13H2,1-2H3,(H,23,26)(H,24,25). The van der Waals surface area contributed by atoms with Crippen molar-refractivity contribution < 1.29 is 23.9 Å². The summed E-state index contributed by atoms with van der Waals surface area (Å²) in [7, 11) is 1.56. The number of carbonyl (C=O) groups is 3. The molecule has 0 radical (unpaired) electrons. The second kappa shape index (κ2) is 12.4. The van der Waals surface area contributed by atoms with Crippen molar-refractivity contribution in [3.8, 4) is 0 Å². The van der Waals surface area contributed by atoms with Crippen LogP contribution < -0.4 is 10.6 Å². The first-order valence-corrected chi connectivity index (χ1v) is 10.9. The monoisotopic (exact) mass is 494 g/mol. The molecule has 0 saturated heterocycles. The summed E-state index contributed by atoms with van der Waals surface area (Å²) in [5.41, 5.74) is 1.95. The van der Waals surface area contributed by atoms with Gasteiger partial charge >= 0.3 is 5.97 Å². The van der Waals surface area contributed by atoms with Crippen LogP contribution in [0.5, 0.6) is 0 Å². The number of esters is 1. The van der Waals surface area contributed by atoms with E-state index < -0.39 is 18.5 Å². The molecule has 2 aromatic rings. The molecule has 160 valence electrons. The second-order valence-corrected chi connectivity index (χ2v) is 8.11. The number of amides is 2. The molecule has 9 heteroatoms. The highest BCUT2D eigenvalue weighted by Gasteiger charge is 2.16. The molecule has 30 heavy (non-hydrogen) atoms. The van der Waals surface area contributed by atoms with Gasteiger partial charge < -0.3 is 20.1 Å². The van der Waals surface area contributed by atoms with E-state index in [2.05, 4.69) is 26.6 Å². The van der Waals surface area contributed by atoms with Crippen LogP contribution in [-0.4, -0.2) is 50.4 Å². The first-order valence-electron chi connectivity index (χ1n) is 9.11. The van der Waals surface area contributed by atoms with Gasteiger partial charge in [0.05, 0.1) is 23.6 Å². The van der Waals surface area contributed by atoms with Crippen molar-refractivity contribution in [1.29, 1.82) is 0 Å². The molecule has 0 saturated carbocycles. The third-order valence-electron chi connectivity index (χ3n) is 3.83. The van der Waals surface area contributed by atoms with Crippen LogP contribution in [0.1, 0.15) is 15.9 Å². The number of carbonyl (C=O) groups excluding carboxylic acids is 3. The van der Waals surface area contributed by atoms with E-state index in [1.54, 1.807) is 37.4 Å². The summed E-state index contributed by atoms with van der Waals surface area (Å²) < 4.78 is 10.8. The van der Waals surface area contributed by atoms with E-state index >= 15 is 0 Å². The molecule has 0 fully saturated rings. The Hall–Kier alpha value is -2.36. The number of halogens is 1. The molecular formula is C21H23BrN2O5S. The lowest BCUT2D eigenvalue weighted by Crippen LogP contribution is -2.28. The fourth-order valence-electron chi connectivity index (χ4n) is 2.36. The van der Waals surface area contributed by atoms with Crippen LogP contribution in [-0.2, 0) is 19.1 Å². The van der Waals surface area contributed by atoms with Crippen molar-refractivity contribution in [2.24, 2.45) is 0 Å². The minimum atomic E-state index is -0.629. The van der Waals surface area contributed by atoms with Gasteiger partial charge in [-0.1, -0.05) is 18.2 Å². The summed E-state index contributed by atoms with van der Waals surface area (Å²) in [6.07, 6.45) is 0. The number of rotatable bonds is 10. The fourth-order valence-corrected chi connectivity index (χ4v) is 3.83. The Morgan fingerprint density at radius 2 is 1.87 bits per heavy atom. The summed E-state index contributed by atoms with van der Waals surface area (Å²) in [5, 5.41) is 5.41. The number of methoxy groups -OCH3 is 1. The Labute approximate surface area is 188 Å². The zero-order chi connectivity index (χ0) is 21.9. The van der Waals surface area contributed by atoms with Crippen LogP contribution in [0, 0.1) is 6.92 Å². The van der Waals surface area contributed by atoms with Crippen LogP contribution in [0.4, 0.5) is 5.69 Å². The normalized spacial score (nSPS) is 10.4. The van der Waals surface area contributed by atoms with Crippen molar-refractivity contribution in [1.82, 2.24) is 5.32 Å². The Bertz CT molecular complexity index is 907. The zero-order valence-corrected chi connectivity index (χ0v) is 19.1. The van der Waals surface area contributed by atoms with Gasteiger partial charge in [0.2, 0.25) is 5.91 Å². The molecule has 2 amide bonds. The fraction of sp³-hybridized carbons (Fsp3) is 0.286. The average Bonchev–Trinajstić information content (AvgIpc) is 2.73. The topological polar surface area (TPSA) is 93.7 Å². The lowest BCUT2D eigenvalue weighted by atomic mass is 10.2. The highest BCUT2D eigenvalue weighted by molar-refractivity contribution is 9.10. The summed E-state index contributed by atoms with van der Waals surface area (Å²) in [6.45, 7) is 2.37. The van der Waals surface area contributed by atoms with E-state index in [4.69, 9.17) is 9.47 Å². The van der Waals surface area contributed by atoms with Gasteiger partial charge in [0, 0.05) is 23.0 Å². The number of benzene rings is 2. The first kappa shape index (κ1) is 23.9. The predicted molar refractivity (Wildman–Crippen MR) is 120 cm³/mol. The largest absolute Gasteiger partial charge is 0.452 e. The molecule has 2 rings (SSSR count). The lowest BCUT2D eigenvalue weighted by Gasteiger charge is -2.11. The van der Waals surface area contributed by atoms with Gasteiger partial charge in [-0.15, -0.1) is 11.8 Å². The highest BCUT2D eigenvalue weighted by atomic mass is 79.9. The van der Waals surface area contributed by atoms with E-state index in [1.165, 1.54) is 11.8 Å². The number of hydrogen-bond acceptors (Lipinski definition) is 6. The Kier molecular flexibility index (Phi) is 9.85. The SMILES string of the molecule is COCCNC(=O)CSc1ccccc1C(=O)OCC(=O)Nc1ccc(C)cc1Br. The van der Waals surface area contributed by atoms with E-state index in [0.717, 1.165) is 10.0 Å². The molecule has 0 heterocycles. The van der Waals surface area contributed by atoms with Crippen molar-refractivity contribution in [2.45, 2.75) is 11.8 Å². The van der Waals surface area contributed by atoms with Crippen molar-refractivity contribution in [2.75, 3.05) is 37.9 Å². The molecule has 0 aliphatic heterocycles. The third kappa shape index (κ3) is 7.81. The Morgan fingerprint density at radius 1 is 1.10 bits per heavy atom. The minimum absolute atomic E-state index is 0.149. The van der Waals surface area contributed by atoms with Gasteiger partial charge in [-0.25, -0.2) is 4.79 Å². The van der Waals surface area contributed by atoms with Crippen molar-refractivity contribution in [3.05, 3.63) is 58.1 Å². The van der Waals surface area contributed by atoms with Crippen molar-refractivity contribution >= 4 is 51.2 Å². The average molecular weight is 495 g/mol. The maximum absolute atomic E-state index is 12.4. The smallest absolute Gasteiger partial charge is 0.339 e. The molecule has 2 aromatic carbocycles. The van der Waals surface area contributed by atoms with Crippen LogP contribution in [0.3, 0.4) is 0 Å². The van der Waals surface area contributed by atoms with Gasteiger partial charge in [-0.2, -0.15) is 0 Å². The van der Waals surface area contributed by atoms with Crippen LogP contribution in [0.2, 0.25) is 0 Å². The maximum atomic E-state index is 12.4. The summed E-state index contributed by atoms with van der Waals surface area (Å²) in [4.78, 5) is 37.0. The van der Waals surface area contributed by atoms with Crippen molar-refractivity contribution in [3.63, 3.8) is 0 Å². The van der Waals surface area contributed by atoms with Gasteiger partial charge in [-0.05, 0) is 52.7 Å². The molecule has 0 aliphatic rings. The second-order valence-electron chi connectivity index (χ2n) is 6.24. The Morgan fingerprint density at radius 3 is 2.60 bits per heavy atom. The molecule has 0 unspecified atom stereocenters. The van der Waals surface area contributed by atoms with Gasteiger partial charge in [0.1, 0.15) is 0 Å². The molecule has 0 atom stereocenters. The lowest BCUT2D eigenvalue weighted by molar-refractivity contribution is -0.119. The van der Waals surface area contributed by atoms with Gasteiger partial charge in [0.15, 0.2) is 6.61 Å². The highest BCUT2D eigenvalue weighted by Crippen LogP contribution is 2.24. The van der Waals surface area contributed by atoms with Crippen LogP contribution >= 0.6 is 27.7 Å². The zero-order valence-electron chi connectivity index (χ0n) is 16.7. The number of anilines is 1. The van der Waals surface area contributed by atoms with Gasteiger partial charge in [0.25, 0.3) is 5.91 Å². The molecule has 0 spiro atoms. The summed E-state index contributed by atoms with van der Waals surface area (Å²) in [5.74, 6) is -1.09. The third-order valence-corrected chi connectivity index (χ3v) is 5.56. The van der Waals surface area contributed by atoms with Gasteiger partial charge in [-0.3, -0.25) is 9.59 Å². The minimum Gasteiger partial charge on any atom is -0.452 e. The first-order chi connectivity index (χ1) is 14.4. The van der Waals surface area contributed by atoms with E-state index in [9.17, 15) is 14.4 Å².